The van der Waals surface area contributed by atoms with Gasteiger partial charge in [-0.1, -0.05) is 67.3 Å². The van der Waals surface area contributed by atoms with Crippen LogP contribution in [0.4, 0.5) is 0 Å². The van der Waals surface area contributed by atoms with Crippen molar-refractivity contribution in [3.8, 4) is 0 Å². The lowest BCUT2D eigenvalue weighted by Gasteiger charge is -2.04. The summed E-state index contributed by atoms with van der Waals surface area (Å²) < 4.78 is 4.99. The lowest BCUT2D eigenvalue weighted by molar-refractivity contribution is 0.0526. The van der Waals surface area contributed by atoms with Gasteiger partial charge in [0, 0.05) is 11.3 Å². The molecule has 128 valence electrons. The van der Waals surface area contributed by atoms with Gasteiger partial charge in [0.1, 0.15) is 0 Å². The fraction of sp³-hybridized carbons (Fsp3) is 0.182. The number of carbonyl (C=O) groups is 1. The number of esters is 1. The number of benzene rings is 2. The molecule has 0 aliphatic carbocycles. The molecule has 0 radical (unpaired) electrons. The molecule has 2 aromatic carbocycles. The zero-order valence-electron chi connectivity index (χ0n) is 14.6. The topological polar surface area (TPSA) is 26.3 Å². The third-order valence-electron chi connectivity index (χ3n) is 3.68. The molecule has 2 rings (SSSR count). The van der Waals surface area contributed by atoms with Crippen LogP contribution in [0.15, 0.2) is 60.7 Å². The Balaban J connectivity index is 2.07. The number of carbonyl (C=O) groups excluding carboxylic acids is 1. The van der Waals surface area contributed by atoms with Crippen molar-refractivity contribution in [2.75, 3.05) is 6.61 Å². The van der Waals surface area contributed by atoms with Crippen LogP contribution >= 0.6 is 12.2 Å². The standard InChI is InChI=1S/C22H22O2S/c1-4-24-22(23)20-12-10-17(11-13-20)8-9-18-6-5-7-19(14-18)15-21(25)16(2)3/h5-14H,2,4,15H2,1,3H3. The maximum absolute atomic E-state index is 11.7. The molecule has 0 aromatic heterocycles. The average Bonchev–Trinajstić information content (AvgIpc) is 2.61. The lowest BCUT2D eigenvalue weighted by Crippen LogP contribution is -2.03. The lowest BCUT2D eigenvalue weighted by atomic mass is 10.0. The highest BCUT2D eigenvalue weighted by atomic mass is 32.1. The Morgan fingerprint density at radius 2 is 1.80 bits per heavy atom. The zero-order valence-corrected chi connectivity index (χ0v) is 15.4. The molecule has 0 aliphatic rings. The minimum atomic E-state index is -0.292. The van der Waals surface area contributed by atoms with Crippen LogP contribution in [0.3, 0.4) is 0 Å². The summed E-state index contributed by atoms with van der Waals surface area (Å²) in [5.41, 5.74) is 4.81. The molecule has 0 bridgehead atoms. The third kappa shape index (κ3) is 5.80. The summed E-state index contributed by atoms with van der Waals surface area (Å²) in [6.45, 7) is 8.01. The van der Waals surface area contributed by atoms with Crippen LogP contribution in [0.1, 0.15) is 40.9 Å². The molecule has 0 atom stereocenters. The predicted molar refractivity (Wildman–Crippen MR) is 109 cm³/mol. The van der Waals surface area contributed by atoms with Crippen molar-refractivity contribution in [3.05, 3.63) is 82.9 Å². The van der Waals surface area contributed by atoms with Crippen LogP contribution < -0.4 is 0 Å². The van der Waals surface area contributed by atoms with Gasteiger partial charge in [-0.15, -0.1) is 0 Å². The molecule has 0 saturated heterocycles. The second kappa shape index (κ2) is 9.09. The molecule has 0 fully saturated rings. The van der Waals surface area contributed by atoms with E-state index in [0.717, 1.165) is 28.0 Å². The molecule has 3 heteroatoms. The Morgan fingerprint density at radius 3 is 2.44 bits per heavy atom. The zero-order chi connectivity index (χ0) is 18.2. The summed E-state index contributed by atoms with van der Waals surface area (Å²) >= 11 is 5.34. The van der Waals surface area contributed by atoms with Crippen molar-refractivity contribution in [1.29, 1.82) is 0 Å². The van der Waals surface area contributed by atoms with Crippen molar-refractivity contribution < 1.29 is 9.53 Å². The van der Waals surface area contributed by atoms with Gasteiger partial charge in [0.15, 0.2) is 0 Å². The van der Waals surface area contributed by atoms with Gasteiger partial charge < -0.3 is 4.74 Å². The molecule has 0 amide bonds. The maximum Gasteiger partial charge on any atom is 0.338 e. The highest BCUT2D eigenvalue weighted by molar-refractivity contribution is 7.80. The van der Waals surface area contributed by atoms with Gasteiger partial charge in [0.05, 0.1) is 12.2 Å². The van der Waals surface area contributed by atoms with Crippen LogP contribution in [0.2, 0.25) is 0 Å². The summed E-state index contributed by atoms with van der Waals surface area (Å²) in [6.07, 6.45) is 4.80. The molecule has 0 N–H and O–H groups in total. The number of thiocarbonyl (C=S) groups is 1. The van der Waals surface area contributed by atoms with E-state index in [4.69, 9.17) is 17.0 Å². The van der Waals surface area contributed by atoms with Crippen molar-refractivity contribution in [1.82, 2.24) is 0 Å². The summed E-state index contributed by atoms with van der Waals surface area (Å²) in [5.74, 6) is -0.292. The summed E-state index contributed by atoms with van der Waals surface area (Å²) in [7, 11) is 0. The molecular formula is C22H22O2S. The number of hydrogen-bond acceptors (Lipinski definition) is 3. The van der Waals surface area contributed by atoms with E-state index in [1.165, 1.54) is 5.56 Å². The molecule has 0 unspecified atom stereocenters. The minimum Gasteiger partial charge on any atom is -0.462 e. The SMILES string of the molecule is C=C(C)C(=S)Cc1cccc(C=Cc2ccc(C(=O)OCC)cc2)c1. The van der Waals surface area contributed by atoms with Crippen molar-refractivity contribution >= 4 is 35.2 Å². The van der Waals surface area contributed by atoms with E-state index < -0.39 is 0 Å². The second-order valence-electron chi connectivity index (χ2n) is 5.80. The molecular weight excluding hydrogens is 328 g/mol. The Labute approximate surface area is 154 Å². The number of hydrogen-bond donors (Lipinski definition) is 0. The summed E-state index contributed by atoms with van der Waals surface area (Å²) in [4.78, 5) is 12.5. The normalized spacial score (nSPS) is 10.6. The van der Waals surface area contributed by atoms with E-state index in [1.54, 1.807) is 19.1 Å². The van der Waals surface area contributed by atoms with E-state index in [0.29, 0.717) is 12.2 Å². The number of ether oxygens (including phenoxy) is 1. The number of rotatable bonds is 7. The monoisotopic (exact) mass is 350 g/mol. The predicted octanol–water partition coefficient (Wildman–Crippen LogP) is 5.52. The van der Waals surface area contributed by atoms with E-state index in [2.05, 4.69) is 24.8 Å². The van der Waals surface area contributed by atoms with Gasteiger partial charge in [0.2, 0.25) is 0 Å². The second-order valence-corrected chi connectivity index (χ2v) is 6.29. The maximum atomic E-state index is 11.7. The highest BCUT2D eigenvalue weighted by Crippen LogP contribution is 2.14. The quantitative estimate of drug-likeness (QED) is 0.284. The molecule has 2 aromatic rings. The van der Waals surface area contributed by atoms with E-state index in [-0.39, 0.29) is 5.97 Å². The Kier molecular flexibility index (Phi) is 6.84. The molecule has 0 heterocycles. The van der Waals surface area contributed by atoms with E-state index in [9.17, 15) is 4.79 Å². The Bertz CT molecular complexity index is 801. The first kappa shape index (κ1) is 18.8. The molecule has 0 aliphatic heterocycles. The third-order valence-corrected chi connectivity index (χ3v) is 4.17. The first-order valence-corrected chi connectivity index (χ1v) is 8.63. The van der Waals surface area contributed by atoms with Crippen LogP contribution in [0.5, 0.6) is 0 Å². The Morgan fingerprint density at radius 1 is 1.12 bits per heavy atom. The van der Waals surface area contributed by atoms with Gasteiger partial charge in [-0.2, -0.15) is 0 Å². The summed E-state index contributed by atoms with van der Waals surface area (Å²) in [5, 5.41) is 0. The van der Waals surface area contributed by atoms with Crippen LogP contribution in [-0.4, -0.2) is 17.4 Å². The fourth-order valence-electron chi connectivity index (χ4n) is 2.28. The van der Waals surface area contributed by atoms with Gasteiger partial charge >= 0.3 is 5.97 Å². The van der Waals surface area contributed by atoms with Crippen LogP contribution in [0.25, 0.3) is 12.2 Å². The van der Waals surface area contributed by atoms with Gasteiger partial charge in [0.25, 0.3) is 0 Å². The van der Waals surface area contributed by atoms with E-state index >= 15 is 0 Å². The molecule has 0 spiro atoms. The largest absolute Gasteiger partial charge is 0.462 e. The van der Waals surface area contributed by atoms with Crippen molar-refractivity contribution in [2.24, 2.45) is 0 Å². The van der Waals surface area contributed by atoms with Crippen molar-refractivity contribution in [3.63, 3.8) is 0 Å². The minimum absolute atomic E-state index is 0.292. The van der Waals surface area contributed by atoms with Crippen LogP contribution in [-0.2, 0) is 11.2 Å². The fourth-order valence-corrected chi connectivity index (χ4v) is 2.45. The van der Waals surface area contributed by atoms with Crippen LogP contribution in [0, 0.1) is 0 Å². The Hall–Kier alpha value is -2.52. The molecule has 2 nitrogen and oxygen atoms in total. The molecule has 0 saturated carbocycles. The first-order chi connectivity index (χ1) is 12.0. The van der Waals surface area contributed by atoms with Gasteiger partial charge in [-0.05, 0) is 48.2 Å². The average molecular weight is 350 g/mol. The summed E-state index contributed by atoms with van der Waals surface area (Å²) in [6, 6.07) is 15.6. The van der Waals surface area contributed by atoms with Crippen molar-refractivity contribution in [2.45, 2.75) is 20.3 Å². The highest BCUT2D eigenvalue weighted by Gasteiger charge is 2.04. The number of allylic oxidation sites excluding steroid dienone is 1. The van der Waals surface area contributed by atoms with E-state index in [1.807, 2.05) is 37.3 Å². The molecule has 25 heavy (non-hydrogen) atoms. The smallest absolute Gasteiger partial charge is 0.338 e. The van der Waals surface area contributed by atoms with Gasteiger partial charge in [-0.25, -0.2) is 4.79 Å². The van der Waals surface area contributed by atoms with Gasteiger partial charge in [-0.3, -0.25) is 0 Å². The first-order valence-electron chi connectivity index (χ1n) is 8.22.